The number of hydrogen-bond acceptors (Lipinski definition) is 2. The summed E-state index contributed by atoms with van der Waals surface area (Å²) in [5.74, 6) is -0.282. The van der Waals surface area contributed by atoms with Crippen molar-refractivity contribution in [2.45, 2.75) is 11.8 Å². The molecule has 0 spiro atoms. The van der Waals surface area contributed by atoms with E-state index in [1.165, 1.54) is 0 Å². The van der Waals surface area contributed by atoms with Gasteiger partial charge >= 0.3 is 5.97 Å². The molecule has 0 aromatic heterocycles. The Bertz CT molecular complexity index is 1070. The fourth-order valence-corrected chi connectivity index (χ4v) is 4.29. The van der Waals surface area contributed by atoms with Gasteiger partial charge in [-0.1, -0.05) is 115 Å². The van der Waals surface area contributed by atoms with Crippen molar-refractivity contribution in [3.63, 3.8) is 0 Å². The molecule has 0 N–H and O–H groups in total. The Kier molecular flexibility index (Phi) is 6.07. The van der Waals surface area contributed by atoms with Crippen LogP contribution in [0.1, 0.15) is 23.1 Å². The van der Waals surface area contributed by atoms with Gasteiger partial charge < -0.3 is 4.52 Å². The van der Waals surface area contributed by atoms with Crippen molar-refractivity contribution in [3.8, 4) is 11.1 Å². The molecule has 4 aromatic carbocycles. The van der Waals surface area contributed by atoms with Crippen LogP contribution in [0.2, 0.25) is 0 Å². The van der Waals surface area contributed by atoms with Crippen LogP contribution in [0.4, 0.5) is 0 Å². The summed E-state index contributed by atoms with van der Waals surface area (Å²) in [7, 11) is 2.09. The fraction of sp³-hybridized carbons (Fsp3) is 0.0741. The Balaban J connectivity index is 2.08. The summed E-state index contributed by atoms with van der Waals surface area (Å²) in [6.07, 6.45) is 0.189. The van der Waals surface area contributed by atoms with E-state index in [1.807, 2.05) is 66.7 Å². The first-order valence-corrected chi connectivity index (χ1v) is 10.4. The Hall–Kier alpha value is -3.22. The Morgan fingerprint density at radius 2 is 1.13 bits per heavy atom. The number of carbonyl (C=O) groups excluding carboxylic acids is 1. The van der Waals surface area contributed by atoms with Gasteiger partial charge in [-0.25, -0.2) is 0 Å². The van der Waals surface area contributed by atoms with Gasteiger partial charge in [-0.05, 0) is 27.8 Å². The molecule has 0 amide bonds. The molecule has 0 saturated carbocycles. The van der Waals surface area contributed by atoms with Crippen molar-refractivity contribution in [1.29, 1.82) is 0 Å². The molecule has 4 rings (SSSR count). The minimum absolute atomic E-state index is 0.189. The van der Waals surface area contributed by atoms with Gasteiger partial charge in [0.15, 0.2) is 0 Å². The lowest BCUT2D eigenvalue weighted by atomic mass is 9.65. The Labute approximate surface area is 179 Å². The average Bonchev–Trinajstić information content (AvgIpc) is 2.84. The maximum Gasteiger partial charge on any atom is 0.309 e. The van der Waals surface area contributed by atoms with Crippen LogP contribution in [0.15, 0.2) is 115 Å². The summed E-state index contributed by atoms with van der Waals surface area (Å²) in [5, 5.41) is 0. The molecule has 1 atom stereocenters. The minimum Gasteiger partial charge on any atom is -0.451 e. The van der Waals surface area contributed by atoms with Crippen molar-refractivity contribution < 1.29 is 9.32 Å². The highest BCUT2D eigenvalue weighted by Gasteiger charge is 2.40. The van der Waals surface area contributed by atoms with E-state index in [0.29, 0.717) is 0 Å². The highest BCUT2D eigenvalue weighted by molar-refractivity contribution is 7.10. The maximum absolute atomic E-state index is 12.8. The van der Waals surface area contributed by atoms with E-state index in [4.69, 9.17) is 4.52 Å². The first kappa shape index (κ1) is 20.1. The molecule has 0 aliphatic rings. The summed E-state index contributed by atoms with van der Waals surface area (Å²) in [6.45, 7) is 0. The van der Waals surface area contributed by atoms with E-state index in [9.17, 15) is 4.79 Å². The minimum atomic E-state index is -0.692. The molecule has 0 saturated heterocycles. The van der Waals surface area contributed by atoms with Crippen LogP contribution in [-0.4, -0.2) is 5.97 Å². The molecular weight excluding hydrogens is 387 g/mol. The first-order chi connectivity index (χ1) is 14.8. The standard InChI is InChI=1S/C27H23O2P/c28-26(29-30)20-27(22-14-6-2-7-15-22,23-16-8-3-9-17-23)25-19-11-10-18-24(25)21-12-4-1-5-13-21/h1-19H,20,30H2. The molecule has 2 nitrogen and oxygen atoms in total. The Morgan fingerprint density at radius 1 is 0.667 bits per heavy atom. The molecule has 0 aliphatic heterocycles. The molecule has 30 heavy (non-hydrogen) atoms. The van der Waals surface area contributed by atoms with Gasteiger partial charge in [-0.15, -0.1) is 0 Å². The maximum atomic E-state index is 12.8. The van der Waals surface area contributed by atoms with Crippen molar-refractivity contribution in [2.75, 3.05) is 0 Å². The third kappa shape index (κ3) is 3.79. The lowest BCUT2D eigenvalue weighted by molar-refractivity contribution is -0.134. The highest BCUT2D eigenvalue weighted by Crippen LogP contribution is 2.46. The average molecular weight is 410 g/mol. The molecule has 3 heteroatoms. The topological polar surface area (TPSA) is 26.3 Å². The summed E-state index contributed by atoms with van der Waals surface area (Å²) >= 11 is 0. The van der Waals surface area contributed by atoms with Gasteiger partial charge in [-0.2, -0.15) is 0 Å². The van der Waals surface area contributed by atoms with E-state index in [-0.39, 0.29) is 12.4 Å². The molecule has 0 heterocycles. The van der Waals surface area contributed by atoms with Crippen LogP contribution >= 0.6 is 9.47 Å². The van der Waals surface area contributed by atoms with Gasteiger partial charge in [0, 0.05) is 0 Å². The predicted octanol–water partition coefficient (Wildman–Crippen LogP) is 6.41. The van der Waals surface area contributed by atoms with Crippen LogP contribution in [0.3, 0.4) is 0 Å². The Morgan fingerprint density at radius 3 is 1.67 bits per heavy atom. The van der Waals surface area contributed by atoms with Gasteiger partial charge in [0.2, 0.25) is 0 Å². The summed E-state index contributed by atoms with van der Waals surface area (Å²) in [4.78, 5) is 12.8. The normalized spacial score (nSPS) is 11.1. The second kappa shape index (κ2) is 9.07. The van der Waals surface area contributed by atoms with Crippen molar-refractivity contribution in [2.24, 2.45) is 0 Å². The van der Waals surface area contributed by atoms with Gasteiger partial charge in [-0.3, -0.25) is 4.79 Å². The lowest BCUT2D eigenvalue weighted by Crippen LogP contribution is -2.33. The second-order valence-electron chi connectivity index (χ2n) is 7.22. The smallest absolute Gasteiger partial charge is 0.309 e. The molecule has 4 aromatic rings. The lowest BCUT2D eigenvalue weighted by Gasteiger charge is -2.36. The molecule has 0 aliphatic carbocycles. The second-order valence-corrected chi connectivity index (χ2v) is 7.45. The number of rotatable bonds is 6. The van der Waals surface area contributed by atoms with E-state index < -0.39 is 5.41 Å². The molecule has 0 bridgehead atoms. The summed E-state index contributed by atoms with van der Waals surface area (Å²) in [6, 6.07) is 39.0. The fourth-order valence-electron chi connectivity index (χ4n) is 4.21. The van der Waals surface area contributed by atoms with Crippen molar-refractivity contribution >= 4 is 15.4 Å². The third-order valence-electron chi connectivity index (χ3n) is 5.55. The van der Waals surface area contributed by atoms with Crippen molar-refractivity contribution in [3.05, 3.63) is 132 Å². The largest absolute Gasteiger partial charge is 0.451 e. The van der Waals surface area contributed by atoms with Crippen LogP contribution in [0.25, 0.3) is 11.1 Å². The molecule has 0 radical (unpaired) electrons. The number of hydrogen-bond donors (Lipinski definition) is 0. The van der Waals surface area contributed by atoms with Crippen LogP contribution in [0.5, 0.6) is 0 Å². The van der Waals surface area contributed by atoms with E-state index >= 15 is 0 Å². The zero-order valence-corrected chi connectivity index (χ0v) is 17.7. The zero-order valence-electron chi connectivity index (χ0n) is 16.6. The number of benzene rings is 4. The van der Waals surface area contributed by atoms with Crippen LogP contribution < -0.4 is 0 Å². The molecular formula is C27H23O2P. The quantitative estimate of drug-likeness (QED) is 0.271. The predicted molar refractivity (Wildman–Crippen MR) is 125 cm³/mol. The first-order valence-electron chi connectivity index (χ1n) is 9.91. The van der Waals surface area contributed by atoms with Crippen LogP contribution in [0, 0.1) is 0 Å². The van der Waals surface area contributed by atoms with Gasteiger partial charge in [0.25, 0.3) is 0 Å². The number of carbonyl (C=O) groups is 1. The van der Waals surface area contributed by atoms with Gasteiger partial charge in [0.05, 0.1) is 21.3 Å². The molecule has 0 fully saturated rings. The summed E-state index contributed by atoms with van der Waals surface area (Å²) < 4.78 is 5.09. The van der Waals surface area contributed by atoms with Gasteiger partial charge in [0.1, 0.15) is 0 Å². The third-order valence-corrected chi connectivity index (χ3v) is 5.81. The monoisotopic (exact) mass is 410 g/mol. The highest BCUT2D eigenvalue weighted by atomic mass is 31.0. The van der Waals surface area contributed by atoms with E-state index in [0.717, 1.165) is 27.8 Å². The van der Waals surface area contributed by atoms with E-state index in [1.54, 1.807) is 0 Å². The molecule has 1 unspecified atom stereocenters. The van der Waals surface area contributed by atoms with Crippen molar-refractivity contribution in [1.82, 2.24) is 0 Å². The molecule has 148 valence electrons. The summed E-state index contributed by atoms with van der Waals surface area (Å²) in [5.41, 5.74) is 4.70. The van der Waals surface area contributed by atoms with Crippen LogP contribution in [-0.2, 0) is 14.7 Å². The SMILES string of the molecule is O=C(CC(c1ccccc1)(c1ccccc1)c1ccccc1-c1ccccc1)OP. The van der Waals surface area contributed by atoms with E-state index in [2.05, 4.69) is 58.0 Å². The zero-order chi connectivity index (χ0) is 20.8.